The van der Waals surface area contributed by atoms with Crippen molar-refractivity contribution in [2.24, 2.45) is 4.99 Å². The first-order chi connectivity index (χ1) is 11.0. The van der Waals surface area contributed by atoms with Gasteiger partial charge in [-0.25, -0.2) is 0 Å². The molecule has 0 bridgehead atoms. The third-order valence-corrected chi connectivity index (χ3v) is 4.70. The first-order valence-electron chi connectivity index (χ1n) is 9.51. The Bertz CT molecular complexity index is 332. The molecule has 0 spiro atoms. The van der Waals surface area contributed by atoms with Crippen LogP contribution in [0.25, 0.3) is 0 Å². The van der Waals surface area contributed by atoms with E-state index in [1.807, 2.05) is 0 Å². The SMILES string of the molecule is CCNC(=NCC1CCCN1CC)NCCN(C(C)C)C(C)C. The summed E-state index contributed by atoms with van der Waals surface area (Å²) in [4.78, 5) is 9.87. The number of guanidine groups is 1. The maximum Gasteiger partial charge on any atom is 0.191 e. The van der Waals surface area contributed by atoms with Gasteiger partial charge in [-0.3, -0.25) is 14.8 Å². The highest BCUT2D eigenvalue weighted by molar-refractivity contribution is 5.79. The summed E-state index contributed by atoms with van der Waals surface area (Å²) in [5.41, 5.74) is 0. The lowest BCUT2D eigenvalue weighted by molar-refractivity contribution is 0.178. The topological polar surface area (TPSA) is 42.9 Å². The molecule has 0 saturated carbocycles. The maximum absolute atomic E-state index is 4.81. The number of hydrogen-bond acceptors (Lipinski definition) is 3. The van der Waals surface area contributed by atoms with E-state index >= 15 is 0 Å². The molecule has 1 fully saturated rings. The Morgan fingerprint density at radius 2 is 1.87 bits per heavy atom. The van der Waals surface area contributed by atoms with Crippen molar-refractivity contribution in [1.29, 1.82) is 0 Å². The Labute approximate surface area is 143 Å². The molecule has 1 aliphatic rings. The second kappa shape index (κ2) is 10.9. The molecule has 0 aromatic rings. The molecule has 1 atom stereocenters. The molecule has 5 nitrogen and oxygen atoms in total. The van der Waals surface area contributed by atoms with Crippen LogP contribution in [-0.4, -0.2) is 73.2 Å². The summed E-state index contributed by atoms with van der Waals surface area (Å²) >= 11 is 0. The predicted molar refractivity (Wildman–Crippen MR) is 101 cm³/mol. The Balaban J connectivity index is 2.46. The van der Waals surface area contributed by atoms with Gasteiger partial charge in [-0.15, -0.1) is 0 Å². The van der Waals surface area contributed by atoms with Crippen molar-refractivity contribution in [3.8, 4) is 0 Å². The minimum Gasteiger partial charge on any atom is -0.357 e. The molecule has 0 aliphatic carbocycles. The normalized spacial score (nSPS) is 20.0. The van der Waals surface area contributed by atoms with Crippen molar-refractivity contribution in [3.63, 3.8) is 0 Å². The molecule has 1 aliphatic heterocycles. The fraction of sp³-hybridized carbons (Fsp3) is 0.944. The molecule has 0 aromatic heterocycles. The fourth-order valence-corrected chi connectivity index (χ4v) is 3.47. The van der Waals surface area contributed by atoms with Gasteiger partial charge in [-0.05, 0) is 60.5 Å². The monoisotopic (exact) mass is 325 g/mol. The zero-order chi connectivity index (χ0) is 17.2. The molecule has 2 N–H and O–H groups in total. The Morgan fingerprint density at radius 3 is 2.43 bits per heavy atom. The van der Waals surface area contributed by atoms with Gasteiger partial charge in [0.25, 0.3) is 0 Å². The van der Waals surface area contributed by atoms with Gasteiger partial charge in [-0.2, -0.15) is 0 Å². The lowest BCUT2D eigenvalue weighted by Crippen LogP contribution is -2.45. The van der Waals surface area contributed by atoms with Crippen LogP contribution in [0.2, 0.25) is 0 Å². The molecule has 1 unspecified atom stereocenters. The summed E-state index contributed by atoms with van der Waals surface area (Å²) in [6.45, 7) is 19.6. The number of nitrogens with zero attached hydrogens (tertiary/aromatic N) is 3. The van der Waals surface area contributed by atoms with Crippen molar-refractivity contribution < 1.29 is 0 Å². The van der Waals surface area contributed by atoms with E-state index in [2.05, 4.69) is 62.0 Å². The molecule has 1 rings (SSSR count). The van der Waals surface area contributed by atoms with Crippen molar-refractivity contribution in [2.75, 3.05) is 39.3 Å². The van der Waals surface area contributed by atoms with E-state index in [1.165, 1.54) is 19.4 Å². The van der Waals surface area contributed by atoms with E-state index in [4.69, 9.17) is 4.99 Å². The number of likely N-dealkylation sites (N-methyl/N-ethyl adjacent to an activating group) is 1. The second-order valence-corrected chi connectivity index (χ2v) is 7.00. The van der Waals surface area contributed by atoms with E-state index in [0.29, 0.717) is 18.1 Å². The van der Waals surface area contributed by atoms with Crippen molar-refractivity contribution in [3.05, 3.63) is 0 Å². The number of nitrogens with one attached hydrogen (secondary N) is 2. The van der Waals surface area contributed by atoms with Gasteiger partial charge < -0.3 is 10.6 Å². The molecular formula is C18H39N5. The van der Waals surface area contributed by atoms with Gasteiger partial charge in [0.2, 0.25) is 0 Å². The van der Waals surface area contributed by atoms with E-state index in [1.54, 1.807) is 0 Å². The van der Waals surface area contributed by atoms with E-state index in [0.717, 1.165) is 38.7 Å². The minimum absolute atomic E-state index is 0.577. The van der Waals surface area contributed by atoms with E-state index in [-0.39, 0.29) is 0 Å². The third kappa shape index (κ3) is 7.08. The van der Waals surface area contributed by atoms with Crippen molar-refractivity contribution in [2.45, 2.75) is 72.5 Å². The van der Waals surface area contributed by atoms with Crippen LogP contribution >= 0.6 is 0 Å². The first kappa shape index (κ1) is 20.2. The highest BCUT2D eigenvalue weighted by Gasteiger charge is 2.22. The van der Waals surface area contributed by atoms with Crippen LogP contribution in [0.3, 0.4) is 0 Å². The summed E-state index contributed by atoms with van der Waals surface area (Å²) in [6, 6.07) is 1.78. The van der Waals surface area contributed by atoms with Gasteiger partial charge in [-0.1, -0.05) is 6.92 Å². The van der Waals surface area contributed by atoms with Crippen LogP contribution < -0.4 is 10.6 Å². The largest absolute Gasteiger partial charge is 0.357 e. The Kier molecular flexibility index (Phi) is 9.56. The Hall–Kier alpha value is -0.810. The number of rotatable bonds is 9. The molecule has 0 aromatic carbocycles. The summed E-state index contributed by atoms with van der Waals surface area (Å²) < 4.78 is 0. The van der Waals surface area contributed by atoms with E-state index < -0.39 is 0 Å². The van der Waals surface area contributed by atoms with Crippen LogP contribution in [0.5, 0.6) is 0 Å². The van der Waals surface area contributed by atoms with Crippen LogP contribution in [-0.2, 0) is 0 Å². The van der Waals surface area contributed by atoms with Gasteiger partial charge in [0.05, 0.1) is 6.54 Å². The molecule has 1 heterocycles. The molecule has 5 heteroatoms. The lowest BCUT2D eigenvalue weighted by atomic mass is 10.2. The summed E-state index contributed by atoms with van der Waals surface area (Å²) in [7, 11) is 0. The molecule has 1 saturated heterocycles. The van der Waals surface area contributed by atoms with Crippen molar-refractivity contribution in [1.82, 2.24) is 20.4 Å². The standard InChI is InChI=1S/C18H39N5/c1-7-19-18(20-11-13-23(15(3)4)16(5)6)21-14-17-10-9-12-22(17)8-2/h15-17H,7-14H2,1-6H3,(H2,19,20,21). The van der Waals surface area contributed by atoms with Crippen LogP contribution in [0.1, 0.15) is 54.4 Å². The van der Waals surface area contributed by atoms with Crippen LogP contribution in [0.15, 0.2) is 4.99 Å². The van der Waals surface area contributed by atoms with Gasteiger partial charge in [0.1, 0.15) is 0 Å². The molecular weight excluding hydrogens is 286 g/mol. The fourth-order valence-electron chi connectivity index (χ4n) is 3.47. The molecule has 23 heavy (non-hydrogen) atoms. The van der Waals surface area contributed by atoms with Crippen LogP contribution in [0, 0.1) is 0 Å². The average Bonchev–Trinajstić information content (AvgIpc) is 2.95. The smallest absolute Gasteiger partial charge is 0.191 e. The summed E-state index contributed by atoms with van der Waals surface area (Å²) in [6.07, 6.45) is 2.60. The highest BCUT2D eigenvalue weighted by atomic mass is 15.2. The average molecular weight is 326 g/mol. The number of likely N-dealkylation sites (tertiary alicyclic amines) is 1. The summed E-state index contributed by atoms with van der Waals surface area (Å²) in [5.74, 6) is 0.961. The predicted octanol–water partition coefficient (Wildman–Crippen LogP) is 2.14. The maximum atomic E-state index is 4.81. The zero-order valence-electron chi connectivity index (χ0n) is 16.2. The Morgan fingerprint density at radius 1 is 1.17 bits per heavy atom. The molecule has 136 valence electrons. The molecule has 0 amide bonds. The van der Waals surface area contributed by atoms with Crippen LogP contribution in [0.4, 0.5) is 0 Å². The number of aliphatic imine (C=N–C) groups is 1. The number of hydrogen-bond donors (Lipinski definition) is 2. The van der Waals surface area contributed by atoms with Gasteiger partial charge in [0.15, 0.2) is 5.96 Å². The molecule has 0 radical (unpaired) electrons. The third-order valence-electron chi connectivity index (χ3n) is 4.70. The first-order valence-corrected chi connectivity index (χ1v) is 9.51. The van der Waals surface area contributed by atoms with Gasteiger partial charge >= 0.3 is 0 Å². The van der Waals surface area contributed by atoms with Gasteiger partial charge in [0, 0.05) is 37.8 Å². The summed E-state index contributed by atoms with van der Waals surface area (Å²) in [5, 5.41) is 6.87. The van der Waals surface area contributed by atoms with E-state index in [9.17, 15) is 0 Å². The second-order valence-electron chi connectivity index (χ2n) is 7.00. The van der Waals surface area contributed by atoms with Crippen molar-refractivity contribution >= 4 is 5.96 Å². The quantitative estimate of drug-likeness (QED) is 0.503. The minimum atomic E-state index is 0.577. The zero-order valence-corrected chi connectivity index (χ0v) is 16.2. The highest BCUT2D eigenvalue weighted by Crippen LogP contribution is 2.16. The lowest BCUT2D eigenvalue weighted by Gasteiger charge is -2.30.